The summed E-state index contributed by atoms with van der Waals surface area (Å²) in [6, 6.07) is 33.1. The number of rotatable bonds is 8. The molecule has 0 radical (unpaired) electrons. The van der Waals surface area contributed by atoms with Crippen molar-refractivity contribution in [2.75, 3.05) is 5.32 Å². The third kappa shape index (κ3) is 6.18. The van der Waals surface area contributed by atoms with Crippen LogP contribution in [0.1, 0.15) is 54.1 Å². The van der Waals surface area contributed by atoms with E-state index >= 15 is 0 Å². The van der Waals surface area contributed by atoms with Gasteiger partial charge < -0.3 is 10.1 Å². The maximum Gasteiger partial charge on any atom is 0.338 e. The van der Waals surface area contributed by atoms with Crippen molar-refractivity contribution < 1.29 is 9.53 Å². The average molecular weight is 515 g/mol. The number of hydrogen-bond acceptors (Lipinski definition) is 6. The lowest BCUT2D eigenvalue weighted by atomic mass is 10.0. The second kappa shape index (κ2) is 11.7. The summed E-state index contributed by atoms with van der Waals surface area (Å²) in [4.78, 5) is 27.2. The second-order valence-electron chi connectivity index (χ2n) is 9.56. The Morgan fingerprint density at radius 1 is 0.795 bits per heavy atom. The summed E-state index contributed by atoms with van der Waals surface area (Å²) in [5.41, 5.74) is 4.00. The molecule has 39 heavy (non-hydrogen) atoms. The Balaban J connectivity index is 1.54. The number of nitrogens with zero attached hydrogens (tertiary/aromatic N) is 3. The molecule has 0 saturated heterocycles. The van der Waals surface area contributed by atoms with Crippen LogP contribution in [0, 0.1) is 0 Å². The number of carbonyl (C=O) groups excluding carboxylic acids is 1. The highest BCUT2D eigenvalue weighted by Crippen LogP contribution is 2.30. The molecular weight excluding hydrogens is 484 g/mol. The van der Waals surface area contributed by atoms with E-state index < -0.39 is 6.10 Å². The first kappa shape index (κ1) is 25.8. The van der Waals surface area contributed by atoms with Crippen LogP contribution in [0.4, 0.5) is 11.6 Å². The highest BCUT2D eigenvalue weighted by molar-refractivity contribution is 6.14. The van der Waals surface area contributed by atoms with Crippen LogP contribution in [-0.2, 0) is 4.74 Å². The van der Waals surface area contributed by atoms with Crippen molar-refractivity contribution >= 4 is 34.1 Å². The summed E-state index contributed by atoms with van der Waals surface area (Å²) in [6.07, 6.45) is 1.25. The molecule has 0 amide bonds. The van der Waals surface area contributed by atoms with Crippen LogP contribution in [-0.4, -0.2) is 27.7 Å². The van der Waals surface area contributed by atoms with Crippen LogP contribution < -0.4 is 5.32 Å². The fourth-order valence-electron chi connectivity index (χ4n) is 4.27. The normalized spacial score (nSPS) is 11.7. The first-order valence-corrected chi connectivity index (χ1v) is 13.0. The summed E-state index contributed by atoms with van der Waals surface area (Å²) in [6.45, 7) is 5.94. The minimum absolute atomic E-state index is 0.141. The molecule has 1 atom stereocenters. The van der Waals surface area contributed by atoms with E-state index in [0.717, 1.165) is 27.6 Å². The summed E-state index contributed by atoms with van der Waals surface area (Å²) < 4.78 is 5.73. The molecular formula is C33H30N4O2. The van der Waals surface area contributed by atoms with E-state index in [1.807, 2.05) is 97.9 Å². The van der Waals surface area contributed by atoms with Gasteiger partial charge >= 0.3 is 5.97 Å². The number of ether oxygens (including phenoxy) is 1. The van der Waals surface area contributed by atoms with Crippen molar-refractivity contribution in [3.05, 3.63) is 132 Å². The SMILES string of the molecule is CC(C)Nc1nc(C(C)OC(=O)c2ccccc2)cc2cnc(N=C(c3ccccc3)c3ccccc3)cc12. The van der Waals surface area contributed by atoms with Crippen LogP contribution in [0.3, 0.4) is 0 Å². The van der Waals surface area contributed by atoms with E-state index in [-0.39, 0.29) is 12.0 Å². The topological polar surface area (TPSA) is 76.5 Å². The van der Waals surface area contributed by atoms with E-state index in [1.165, 1.54) is 0 Å². The maximum atomic E-state index is 12.6. The number of carbonyl (C=O) groups is 1. The van der Waals surface area contributed by atoms with Crippen molar-refractivity contribution in [3.8, 4) is 0 Å². The van der Waals surface area contributed by atoms with Crippen LogP contribution in [0.5, 0.6) is 0 Å². The van der Waals surface area contributed by atoms with Gasteiger partial charge in [-0.25, -0.2) is 19.8 Å². The first-order chi connectivity index (χ1) is 19.0. The van der Waals surface area contributed by atoms with Crippen LogP contribution >= 0.6 is 0 Å². The van der Waals surface area contributed by atoms with Gasteiger partial charge in [0.15, 0.2) is 5.82 Å². The Kier molecular flexibility index (Phi) is 7.73. The first-order valence-electron chi connectivity index (χ1n) is 13.0. The van der Waals surface area contributed by atoms with E-state index in [0.29, 0.717) is 22.9 Å². The van der Waals surface area contributed by atoms with Gasteiger partial charge in [0.25, 0.3) is 0 Å². The lowest BCUT2D eigenvalue weighted by Crippen LogP contribution is -2.14. The van der Waals surface area contributed by atoms with Crippen molar-refractivity contribution in [3.63, 3.8) is 0 Å². The number of hydrogen-bond donors (Lipinski definition) is 1. The van der Waals surface area contributed by atoms with Crippen molar-refractivity contribution in [2.24, 2.45) is 4.99 Å². The minimum atomic E-state index is -0.546. The predicted molar refractivity (Wildman–Crippen MR) is 157 cm³/mol. The fraction of sp³-hybridized carbons (Fsp3) is 0.152. The van der Waals surface area contributed by atoms with E-state index in [9.17, 15) is 4.79 Å². The number of nitrogens with one attached hydrogen (secondary N) is 1. The Morgan fingerprint density at radius 2 is 1.36 bits per heavy atom. The van der Waals surface area contributed by atoms with Gasteiger partial charge in [-0.15, -0.1) is 0 Å². The molecule has 2 heterocycles. The Labute approximate surface area is 228 Å². The molecule has 6 heteroatoms. The van der Waals surface area contributed by atoms with Crippen molar-refractivity contribution in [1.29, 1.82) is 0 Å². The summed E-state index contributed by atoms with van der Waals surface area (Å²) >= 11 is 0. The molecule has 3 aromatic carbocycles. The zero-order chi connectivity index (χ0) is 27.2. The fourth-order valence-corrected chi connectivity index (χ4v) is 4.27. The highest BCUT2D eigenvalue weighted by atomic mass is 16.5. The Bertz CT molecular complexity index is 1560. The van der Waals surface area contributed by atoms with Gasteiger partial charge in [0, 0.05) is 34.1 Å². The summed E-state index contributed by atoms with van der Waals surface area (Å²) in [7, 11) is 0. The van der Waals surface area contributed by atoms with Crippen molar-refractivity contribution in [1.82, 2.24) is 9.97 Å². The number of fused-ring (bicyclic) bond motifs is 1. The minimum Gasteiger partial charge on any atom is -0.453 e. The van der Waals surface area contributed by atoms with Gasteiger partial charge in [-0.1, -0.05) is 78.9 Å². The van der Waals surface area contributed by atoms with E-state index in [4.69, 9.17) is 14.7 Å². The molecule has 1 N–H and O–H groups in total. The third-order valence-corrected chi connectivity index (χ3v) is 6.18. The molecule has 0 spiro atoms. The lowest BCUT2D eigenvalue weighted by Gasteiger charge is -2.18. The molecule has 0 aliphatic heterocycles. The van der Waals surface area contributed by atoms with Gasteiger partial charge in [0.2, 0.25) is 0 Å². The molecule has 194 valence electrons. The second-order valence-corrected chi connectivity index (χ2v) is 9.56. The Hall–Kier alpha value is -4.84. The number of anilines is 1. The lowest BCUT2D eigenvalue weighted by molar-refractivity contribution is 0.0330. The van der Waals surface area contributed by atoms with E-state index in [1.54, 1.807) is 18.3 Å². The van der Waals surface area contributed by atoms with Gasteiger partial charge in [-0.2, -0.15) is 0 Å². The molecule has 6 nitrogen and oxygen atoms in total. The number of aliphatic imine (C=N–C) groups is 1. The molecule has 0 aliphatic rings. The van der Waals surface area contributed by atoms with Crippen LogP contribution in [0.25, 0.3) is 10.8 Å². The monoisotopic (exact) mass is 514 g/mol. The zero-order valence-corrected chi connectivity index (χ0v) is 22.2. The molecule has 2 aromatic heterocycles. The maximum absolute atomic E-state index is 12.6. The number of aromatic nitrogens is 2. The summed E-state index contributed by atoms with van der Waals surface area (Å²) in [5, 5.41) is 5.22. The predicted octanol–water partition coefficient (Wildman–Crippen LogP) is 7.54. The van der Waals surface area contributed by atoms with Crippen LogP contribution in [0.2, 0.25) is 0 Å². The number of pyridine rings is 2. The zero-order valence-electron chi connectivity index (χ0n) is 22.2. The molecule has 5 rings (SSSR count). The van der Waals surface area contributed by atoms with Crippen LogP contribution in [0.15, 0.2) is 114 Å². The quantitative estimate of drug-likeness (QED) is 0.171. The van der Waals surface area contributed by atoms with Gasteiger partial charge in [0.05, 0.1) is 17.0 Å². The molecule has 1 unspecified atom stereocenters. The van der Waals surface area contributed by atoms with Gasteiger partial charge in [-0.05, 0) is 45.0 Å². The largest absolute Gasteiger partial charge is 0.453 e. The van der Waals surface area contributed by atoms with Gasteiger partial charge in [-0.3, -0.25) is 0 Å². The molecule has 0 saturated carbocycles. The third-order valence-electron chi connectivity index (χ3n) is 6.18. The van der Waals surface area contributed by atoms with E-state index in [2.05, 4.69) is 24.1 Å². The molecule has 0 aliphatic carbocycles. The number of esters is 1. The highest BCUT2D eigenvalue weighted by Gasteiger charge is 2.18. The van der Waals surface area contributed by atoms with Gasteiger partial charge in [0.1, 0.15) is 11.9 Å². The number of benzene rings is 3. The smallest absolute Gasteiger partial charge is 0.338 e. The average Bonchev–Trinajstić information content (AvgIpc) is 2.97. The molecule has 5 aromatic rings. The molecule has 0 bridgehead atoms. The van der Waals surface area contributed by atoms with Crippen molar-refractivity contribution in [2.45, 2.75) is 32.9 Å². The Morgan fingerprint density at radius 3 is 1.92 bits per heavy atom. The molecule has 0 fully saturated rings. The summed E-state index contributed by atoms with van der Waals surface area (Å²) in [5.74, 6) is 0.885. The standard InChI is InChI=1S/C33H30N4O2/c1-22(2)35-32-28-20-30(37-31(24-13-7-4-8-14-24)25-15-9-5-10-16-25)34-21-27(28)19-29(36-32)23(3)39-33(38)26-17-11-6-12-18-26/h4-23H,1-3H3,(H,35,36).